The molecular formula is C11H14N4S. The molecule has 16 heavy (non-hydrogen) atoms. The first kappa shape index (κ1) is 10.9. The van der Waals surface area contributed by atoms with E-state index in [0.29, 0.717) is 11.6 Å². The molecule has 0 atom stereocenters. The maximum Gasteiger partial charge on any atom is 0.134 e. The van der Waals surface area contributed by atoms with E-state index in [4.69, 9.17) is 5.73 Å². The molecule has 0 radical (unpaired) electrons. The predicted molar refractivity (Wildman–Crippen MR) is 67.6 cm³/mol. The fourth-order valence-corrected chi connectivity index (χ4v) is 2.17. The molecule has 4 nitrogen and oxygen atoms in total. The lowest BCUT2D eigenvalue weighted by atomic mass is 10.3. The van der Waals surface area contributed by atoms with Crippen LogP contribution in [-0.4, -0.2) is 17.0 Å². The van der Waals surface area contributed by atoms with Crippen LogP contribution in [0, 0.1) is 6.92 Å². The van der Waals surface area contributed by atoms with Crippen LogP contribution < -0.4 is 10.6 Å². The summed E-state index contributed by atoms with van der Waals surface area (Å²) >= 11 is 1.70. The SMILES string of the molecule is Cc1nc(N)cc(N(C)Cc2ccsc2)n1. The molecule has 0 aliphatic heterocycles. The van der Waals surface area contributed by atoms with Gasteiger partial charge in [0, 0.05) is 19.7 Å². The zero-order valence-electron chi connectivity index (χ0n) is 9.34. The summed E-state index contributed by atoms with van der Waals surface area (Å²) in [6.07, 6.45) is 0. The molecule has 2 N–H and O–H groups in total. The summed E-state index contributed by atoms with van der Waals surface area (Å²) in [6.45, 7) is 2.68. The van der Waals surface area contributed by atoms with Crippen LogP contribution in [0.25, 0.3) is 0 Å². The molecule has 0 aliphatic carbocycles. The highest BCUT2D eigenvalue weighted by molar-refractivity contribution is 7.07. The first-order valence-electron chi connectivity index (χ1n) is 4.98. The molecule has 5 heteroatoms. The molecule has 2 aromatic rings. The van der Waals surface area contributed by atoms with Crippen molar-refractivity contribution in [3.05, 3.63) is 34.3 Å². The molecule has 0 spiro atoms. The number of thiophene rings is 1. The number of anilines is 2. The molecule has 84 valence electrons. The largest absolute Gasteiger partial charge is 0.384 e. The highest BCUT2D eigenvalue weighted by Crippen LogP contribution is 2.16. The molecule has 2 aromatic heterocycles. The molecule has 0 bridgehead atoms. The van der Waals surface area contributed by atoms with Crippen molar-refractivity contribution in [2.75, 3.05) is 17.7 Å². The highest BCUT2D eigenvalue weighted by atomic mass is 32.1. The van der Waals surface area contributed by atoms with E-state index < -0.39 is 0 Å². The molecule has 0 aliphatic rings. The maximum absolute atomic E-state index is 5.69. The van der Waals surface area contributed by atoms with E-state index in [0.717, 1.165) is 12.4 Å². The first-order valence-corrected chi connectivity index (χ1v) is 5.93. The van der Waals surface area contributed by atoms with Gasteiger partial charge < -0.3 is 10.6 Å². The minimum absolute atomic E-state index is 0.514. The number of aromatic nitrogens is 2. The summed E-state index contributed by atoms with van der Waals surface area (Å²) in [4.78, 5) is 10.5. The van der Waals surface area contributed by atoms with Gasteiger partial charge in [-0.2, -0.15) is 11.3 Å². The van der Waals surface area contributed by atoms with Crippen LogP contribution in [0.4, 0.5) is 11.6 Å². The van der Waals surface area contributed by atoms with Crippen molar-refractivity contribution in [1.29, 1.82) is 0 Å². The van der Waals surface area contributed by atoms with E-state index in [2.05, 4.69) is 31.7 Å². The fourth-order valence-electron chi connectivity index (χ4n) is 1.51. The van der Waals surface area contributed by atoms with Crippen molar-refractivity contribution < 1.29 is 0 Å². The second-order valence-corrected chi connectivity index (χ2v) is 4.47. The van der Waals surface area contributed by atoms with E-state index >= 15 is 0 Å². The normalized spacial score (nSPS) is 10.4. The molecule has 0 aromatic carbocycles. The summed E-state index contributed by atoms with van der Waals surface area (Å²) in [5, 5.41) is 4.21. The van der Waals surface area contributed by atoms with Crippen molar-refractivity contribution in [3.63, 3.8) is 0 Å². The van der Waals surface area contributed by atoms with Gasteiger partial charge in [-0.3, -0.25) is 0 Å². The van der Waals surface area contributed by atoms with Gasteiger partial charge in [0.1, 0.15) is 17.5 Å². The van der Waals surface area contributed by atoms with Gasteiger partial charge in [-0.15, -0.1) is 0 Å². The quantitative estimate of drug-likeness (QED) is 0.883. The monoisotopic (exact) mass is 234 g/mol. The third kappa shape index (κ3) is 2.49. The summed E-state index contributed by atoms with van der Waals surface area (Å²) in [5.41, 5.74) is 6.97. The minimum atomic E-state index is 0.514. The van der Waals surface area contributed by atoms with Gasteiger partial charge in [0.2, 0.25) is 0 Å². The average molecular weight is 234 g/mol. The summed E-state index contributed by atoms with van der Waals surface area (Å²) < 4.78 is 0. The van der Waals surface area contributed by atoms with Crippen LogP contribution >= 0.6 is 11.3 Å². The number of hydrogen-bond acceptors (Lipinski definition) is 5. The Morgan fingerprint density at radius 2 is 2.25 bits per heavy atom. The lowest BCUT2D eigenvalue weighted by Crippen LogP contribution is -2.18. The van der Waals surface area contributed by atoms with Crippen LogP contribution in [0.1, 0.15) is 11.4 Å². The van der Waals surface area contributed by atoms with Crippen molar-refractivity contribution >= 4 is 23.0 Å². The van der Waals surface area contributed by atoms with E-state index in [-0.39, 0.29) is 0 Å². The smallest absolute Gasteiger partial charge is 0.134 e. The minimum Gasteiger partial charge on any atom is -0.384 e. The molecule has 2 rings (SSSR count). The Balaban J connectivity index is 2.17. The van der Waals surface area contributed by atoms with Crippen LogP contribution in [0.2, 0.25) is 0 Å². The average Bonchev–Trinajstić information content (AvgIpc) is 2.68. The van der Waals surface area contributed by atoms with Gasteiger partial charge in [-0.25, -0.2) is 9.97 Å². The second kappa shape index (κ2) is 4.49. The summed E-state index contributed by atoms with van der Waals surface area (Å²) in [6, 6.07) is 3.90. The van der Waals surface area contributed by atoms with Gasteiger partial charge in [-0.1, -0.05) is 0 Å². The van der Waals surface area contributed by atoms with Crippen LogP contribution in [0.5, 0.6) is 0 Å². The lowest BCUT2D eigenvalue weighted by Gasteiger charge is -2.17. The summed E-state index contributed by atoms with van der Waals surface area (Å²) in [7, 11) is 2.00. The topological polar surface area (TPSA) is 55.0 Å². The number of rotatable bonds is 3. The van der Waals surface area contributed by atoms with Gasteiger partial charge in [0.05, 0.1) is 0 Å². The van der Waals surface area contributed by atoms with E-state index in [9.17, 15) is 0 Å². The third-order valence-corrected chi connectivity index (χ3v) is 2.97. The highest BCUT2D eigenvalue weighted by Gasteiger charge is 2.06. The Morgan fingerprint density at radius 1 is 1.44 bits per heavy atom. The van der Waals surface area contributed by atoms with E-state index in [1.165, 1.54) is 5.56 Å². The Bertz CT molecular complexity index is 447. The third-order valence-electron chi connectivity index (χ3n) is 2.24. The molecule has 0 fully saturated rings. The van der Waals surface area contributed by atoms with Gasteiger partial charge in [-0.05, 0) is 29.3 Å². The summed E-state index contributed by atoms with van der Waals surface area (Å²) in [5.74, 6) is 2.07. The Kier molecular flexibility index (Phi) is 3.05. The second-order valence-electron chi connectivity index (χ2n) is 3.69. The Hall–Kier alpha value is -1.62. The molecule has 0 unspecified atom stereocenters. The van der Waals surface area contributed by atoms with Crippen LogP contribution in [0.15, 0.2) is 22.9 Å². The van der Waals surface area contributed by atoms with E-state index in [1.807, 2.05) is 14.0 Å². The molecule has 0 amide bonds. The van der Waals surface area contributed by atoms with Crippen molar-refractivity contribution in [3.8, 4) is 0 Å². The number of nitrogens with zero attached hydrogens (tertiary/aromatic N) is 3. The number of aryl methyl sites for hydroxylation is 1. The van der Waals surface area contributed by atoms with Crippen molar-refractivity contribution in [2.24, 2.45) is 0 Å². The zero-order chi connectivity index (χ0) is 11.5. The zero-order valence-corrected chi connectivity index (χ0v) is 10.2. The Labute approximate surface area is 98.8 Å². The predicted octanol–water partition coefficient (Wildman–Crippen LogP) is 2.07. The lowest BCUT2D eigenvalue weighted by molar-refractivity contribution is 0.884. The van der Waals surface area contributed by atoms with Gasteiger partial charge in [0.15, 0.2) is 0 Å². The van der Waals surface area contributed by atoms with Crippen LogP contribution in [-0.2, 0) is 6.54 Å². The van der Waals surface area contributed by atoms with Crippen molar-refractivity contribution in [2.45, 2.75) is 13.5 Å². The maximum atomic E-state index is 5.69. The Morgan fingerprint density at radius 3 is 2.88 bits per heavy atom. The fraction of sp³-hybridized carbons (Fsp3) is 0.273. The number of hydrogen-bond donors (Lipinski definition) is 1. The van der Waals surface area contributed by atoms with Gasteiger partial charge in [0.25, 0.3) is 0 Å². The van der Waals surface area contributed by atoms with Crippen LogP contribution in [0.3, 0.4) is 0 Å². The molecule has 0 saturated heterocycles. The van der Waals surface area contributed by atoms with E-state index in [1.54, 1.807) is 17.4 Å². The number of nitrogen functional groups attached to an aromatic ring is 1. The standard InChI is InChI=1S/C11H14N4S/c1-8-13-10(12)5-11(14-8)15(2)6-9-3-4-16-7-9/h3-5,7H,6H2,1-2H3,(H2,12,13,14). The molecular weight excluding hydrogens is 220 g/mol. The first-order chi connectivity index (χ1) is 7.65. The van der Waals surface area contributed by atoms with Gasteiger partial charge >= 0.3 is 0 Å². The molecule has 0 saturated carbocycles. The van der Waals surface area contributed by atoms with Crippen molar-refractivity contribution in [1.82, 2.24) is 9.97 Å². The molecule has 2 heterocycles. The number of nitrogens with two attached hydrogens (primary N) is 1.